The maximum absolute atomic E-state index is 5.90. The lowest BCUT2D eigenvalue weighted by atomic mass is 10.00. The molecule has 0 aliphatic carbocycles. The van der Waals surface area contributed by atoms with Gasteiger partial charge in [-0.05, 0) is 37.6 Å². The van der Waals surface area contributed by atoms with Crippen LogP contribution in [0.2, 0.25) is 5.02 Å². The molecule has 18 heavy (non-hydrogen) atoms. The van der Waals surface area contributed by atoms with Crippen LogP contribution in [0.15, 0.2) is 24.3 Å². The number of rotatable bonds is 9. The lowest BCUT2D eigenvalue weighted by Gasteiger charge is -2.16. The lowest BCUT2D eigenvalue weighted by molar-refractivity contribution is 0.482. The number of halogens is 1. The summed E-state index contributed by atoms with van der Waals surface area (Å²) in [6.45, 7) is 2.26. The zero-order valence-corrected chi connectivity index (χ0v) is 12.5. The van der Waals surface area contributed by atoms with Crippen molar-refractivity contribution in [3.63, 3.8) is 0 Å². The molecule has 1 unspecified atom stereocenters. The first-order valence-electron chi connectivity index (χ1n) is 7.18. The Hall–Kier alpha value is -0.530. The summed E-state index contributed by atoms with van der Waals surface area (Å²) in [7, 11) is 2.06. The highest BCUT2D eigenvalue weighted by molar-refractivity contribution is 6.30. The fraction of sp³-hybridized carbons (Fsp3) is 0.625. The van der Waals surface area contributed by atoms with Gasteiger partial charge in [-0.2, -0.15) is 0 Å². The molecule has 1 aromatic rings. The van der Waals surface area contributed by atoms with Gasteiger partial charge in [0.2, 0.25) is 0 Å². The molecular formula is C16H26ClN. The number of likely N-dealkylation sites (N-methyl/N-ethyl adjacent to an activating group) is 1. The van der Waals surface area contributed by atoms with Crippen molar-refractivity contribution >= 4 is 11.6 Å². The van der Waals surface area contributed by atoms with Crippen LogP contribution in [0, 0.1) is 0 Å². The van der Waals surface area contributed by atoms with Crippen molar-refractivity contribution in [2.75, 3.05) is 7.05 Å². The van der Waals surface area contributed by atoms with Gasteiger partial charge in [-0.3, -0.25) is 0 Å². The molecule has 1 atom stereocenters. The minimum atomic E-state index is 0.591. The SMILES string of the molecule is CCCCCCCC(Cc1ccc(Cl)cc1)NC. The quantitative estimate of drug-likeness (QED) is 0.632. The predicted molar refractivity (Wildman–Crippen MR) is 81.4 cm³/mol. The summed E-state index contributed by atoms with van der Waals surface area (Å²) in [5, 5.41) is 4.24. The van der Waals surface area contributed by atoms with Crippen LogP contribution in [0.5, 0.6) is 0 Å². The van der Waals surface area contributed by atoms with Gasteiger partial charge in [0.05, 0.1) is 0 Å². The number of benzene rings is 1. The van der Waals surface area contributed by atoms with Crippen LogP contribution in [0.25, 0.3) is 0 Å². The zero-order valence-electron chi connectivity index (χ0n) is 11.7. The average molecular weight is 268 g/mol. The zero-order chi connectivity index (χ0) is 13.2. The van der Waals surface area contributed by atoms with Gasteiger partial charge in [0.25, 0.3) is 0 Å². The molecule has 0 spiro atoms. The molecule has 1 aromatic carbocycles. The van der Waals surface area contributed by atoms with Crippen molar-refractivity contribution in [1.29, 1.82) is 0 Å². The van der Waals surface area contributed by atoms with Crippen molar-refractivity contribution in [2.45, 2.75) is 57.9 Å². The first kappa shape index (κ1) is 15.5. The van der Waals surface area contributed by atoms with E-state index in [1.807, 2.05) is 12.1 Å². The van der Waals surface area contributed by atoms with E-state index in [1.54, 1.807) is 0 Å². The molecule has 0 amide bonds. The van der Waals surface area contributed by atoms with E-state index >= 15 is 0 Å². The summed E-state index contributed by atoms with van der Waals surface area (Å²) < 4.78 is 0. The molecule has 0 aliphatic rings. The molecule has 1 rings (SSSR count). The topological polar surface area (TPSA) is 12.0 Å². The number of hydrogen-bond donors (Lipinski definition) is 1. The van der Waals surface area contributed by atoms with Crippen LogP contribution < -0.4 is 5.32 Å². The Balaban J connectivity index is 2.26. The highest BCUT2D eigenvalue weighted by Gasteiger charge is 2.06. The first-order chi connectivity index (χ1) is 8.76. The van der Waals surface area contributed by atoms with Gasteiger partial charge in [-0.1, -0.05) is 62.8 Å². The Morgan fingerprint density at radius 1 is 1.06 bits per heavy atom. The van der Waals surface area contributed by atoms with Gasteiger partial charge in [0, 0.05) is 11.1 Å². The number of hydrogen-bond acceptors (Lipinski definition) is 1. The van der Waals surface area contributed by atoms with Crippen molar-refractivity contribution in [3.8, 4) is 0 Å². The smallest absolute Gasteiger partial charge is 0.0406 e. The van der Waals surface area contributed by atoms with E-state index in [-0.39, 0.29) is 0 Å². The van der Waals surface area contributed by atoms with E-state index in [2.05, 4.69) is 31.4 Å². The Kier molecular flexibility index (Phi) is 8.11. The molecule has 0 aromatic heterocycles. The maximum atomic E-state index is 5.90. The van der Waals surface area contributed by atoms with E-state index in [4.69, 9.17) is 11.6 Å². The monoisotopic (exact) mass is 267 g/mol. The molecule has 0 saturated carbocycles. The molecule has 0 aliphatic heterocycles. The third kappa shape index (κ3) is 6.42. The molecule has 1 N–H and O–H groups in total. The minimum Gasteiger partial charge on any atom is -0.317 e. The Morgan fingerprint density at radius 3 is 2.33 bits per heavy atom. The van der Waals surface area contributed by atoms with Crippen LogP contribution in [0.3, 0.4) is 0 Å². The van der Waals surface area contributed by atoms with Gasteiger partial charge in [0.15, 0.2) is 0 Å². The van der Waals surface area contributed by atoms with Crippen LogP contribution >= 0.6 is 11.6 Å². The summed E-state index contributed by atoms with van der Waals surface area (Å²) in [6, 6.07) is 8.80. The van der Waals surface area contributed by atoms with E-state index in [0.29, 0.717) is 6.04 Å². The molecule has 2 heteroatoms. The van der Waals surface area contributed by atoms with Crippen LogP contribution in [-0.4, -0.2) is 13.1 Å². The van der Waals surface area contributed by atoms with E-state index in [9.17, 15) is 0 Å². The molecule has 0 radical (unpaired) electrons. The standard InChI is InChI=1S/C16H26ClN/c1-3-4-5-6-7-8-16(18-2)13-14-9-11-15(17)12-10-14/h9-12,16,18H,3-8,13H2,1-2H3. The molecule has 0 heterocycles. The molecule has 1 nitrogen and oxygen atoms in total. The average Bonchev–Trinajstić information content (AvgIpc) is 2.39. The summed E-state index contributed by atoms with van der Waals surface area (Å²) in [6.07, 6.45) is 9.14. The van der Waals surface area contributed by atoms with Crippen molar-refractivity contribution < 1.29 is 0 Å². The highest BCUT2D eigenvalue weighted by Crippen LogP contribution is 2.14. The van der Waals surface area contributed by atoms with Gasteiger partial charge in [-0.25, -0.2) is 0 Å². The highest BCUT2D eigenvalue weighted by atomic mass is 35.5. The molecular weight excluding hydrogens is 242 g/mol. The second-order valence-electron chi connectivity index (χ2n) is 5.02. The summed E-state index contributed by atoms with van der Waals surface area (Å²) in [4.78, 5) is 0. The summed E-state index contributed by atoms with van der Waals surface area (Å²) >= 11 is 5.90. The van der Waals surface area contributed by atoms with Gasteiger partial charge >= 0.3 is 0 Å². The van der Waals surface area contributed by atoms with Crippen LogP contribution in [0.1, 0.15) is 51.0 Å². The largest absolute Gasteiger partial charge is 0.317 e. The molecule has 0 fully saturated rings. The van der Waals surface area contributed by atoms with Crippen LogP contribution in [-0.2, 0) is 6.42 Å². The fourth-order valence-electron chi connectivity index (χ4n) is 2.25. The lowest BCUT2D eigenvalue weighted by Crippen LogP contribution is -2.27. The second kappa shape index (κ2) is 9.41. The minimum absolute atomic E-state index is 0.591. The first-order valence-corrected chi connectivity index (χ1v) is 7.55. The van der Waals surface area contributed by atoms with E-state index < -0.39 is 0 Å². The third-order valence-electron chi connectivity index (χ3n) is 3.46. The summed E-state index contributed by atoms with van der Waals surface area (Å²) in [5.74, 6) is 0. The van der Waals surface area contributed by atoms with Crippen molar-refractivity contribution in [3.05, 3.63) is 34.9 Å². The fourth-order valence-corrected chi connectivity index (χ4v) is 2.37. The number of unbranched alkanes of at least 4 members (excludes halogenated alkanes) is 4. The van der Waals surface area contributed by atoms with E-state index in [1.165, 1.54) is 44.1 Å². The van der Waals surface area contributed by atoms with Gasteiger partial charge in [-0.15, -0.1) is 0 Å². The second-order valence-corrected chi connectivity index (χ2v) is 5.46. The Bertz CT molecular complexity index is 307. The molecule has 102 valence electrons. The summed E-state index contributed by atoms with van der Waals surface area (Å²) in [5.41, 5.74) is 1.37. The number of nitrogens with one attached hydrogen (secondary N) is 1. The van der Waals surface area contributed by atoms with Crippen LogP contribution in [0.4, 0.5) is 0 Å². The maximum Gasteiger partial charge on any atom is 0.0406 e. The normalized spacial score (nSPS) is 12.6. The van der Waals surface area contributed by atoms with Crippen molar-refractivity contribution in [1.82, 2.24) is 5.32 Å². The van der Waals surface area contributed by atoms with Crippen molar-refractivity contribution in [2.24, 2.45) is 0 Å². The predicted octanol–water partition coefficient (Wildman–Crippen LogP) is 4.83. The Labute approximate surface area is 117 Å². The molecule has 0 saturated heterocycles. The van der Waals surface area contributed by atoms with Gasteiger partial charge < -0.3 is 5.32 Å². The van der Waals surface area contributed by atoms with Gasteiger partial charge in [0.1, 0.15) is 0 Å². The van der Waals surface area contributed by atoms with E-state index in [0.717, 1.165) is 11.4 Å². The third-order valence-corrected chi connectivity index (χ3v) is 3.71. The molecule has 0 bridgehead atoms. The Morgan fingerprint density at radius 2 is 1.72 bits per heavy atom.